The summed E-state index contributed by atoms with van der Waals surface area (Å²) in [4.78, 5) is 12.7. The van der Waals surface area contributed by atoms with Crippen LogP contribution in [0.15, 0.2) is 113 Å². The van der Waals surface area contributed by atoms with Crippen LogP contribution in [0.5, 0.6) is 11.5 Å². The molecule has 0 saturated carbocycles. The van der Waals surface area contributed by atoms with Gasteiger partial charge in [0.15, 0.2) is 5.76 Å². The summed E-state index contributed by atoms with van der Waals surface area (Å²) >= 11 is 0. The van der Waals surface area contributed by atoms with Gasteiger partial charge in [-0.1, -0.05) is 29.8 Å². The molecule has 47 heavy (non-hydrogen) atoms. The van der Waals surface area contributed by atoms with E-state index < -0.39 is 5.91 Å². The lowest BCUT2D eigenvalue weighted by Gasteiger charge is -2.11. The van der Waals surface area contributed by atoms with E-state index in [9.17, 15) is 4.79 Å². The van der Waals surface area contributed by atoms with Crippen molar-refractivity contribution >= 4 is 12.1 Å². The standard InChI is InChI=1S/C39H38N4O4/c1-26-7-6-8-31(21-26)24-45-35-17-13-34(14-18-35)43-29(4)22-32(30(43)5)23-40-41-39(44)38-20-19-37(47-38)25-46-36-15-11-33(12-16-36)42-27(2)9-10-28(42)3/h6-23H,24-25H2,1-5H3,(H,41,44)/b40-23+. The average molecular weight is 627 g/mol. The zero-order chi connectivity index (χ0) is 32.9. The Morgan fingerprint density at radius 2 is 1.36 bits per heavy atom. The molecule has 6 aromatic rings. The molecule has 3 aromatic carbocycles. The fourth-order valence-corrected chi connectivity index (χ4v) is 5.69. The van der Waals surface area contributed by atoms with Crippen LogP contribution in [0.2, 0.25) is 0 Å². The van der Waals surface area contributed by atoms with Gasteiger partial charge >= 0.3 is 5.91 Å². The molecule has 0 radical (unpaired) electrons. The summed E-state index contributed by atoms with van der Waals surface area (Å²) in [6, 6.07) is 33.8. The number of benzene rings is 3. The molecule has 1 N–H and O–H groups in total. The number of carbonyl (C=O) groups excluding carboxylic acids is 1. The van der Waals surface area contributed by atoms with Crippen molar-refractivity contribution in [1.82, 2.24) is 14.6 Å². The van der Waals surface area contributed by atoms with E-state index in [1.165, 1.54) is 17.0 Å². The molecule has 8 heteroatoms. The number of amides is 1. The highest BCUT2D eigenvalue weighted by molar-refractivity contribution is 5.92. The average Bonchev–Trinajstić information content (AvgIpc) is 3.76. The first-order chi connectivity index (χ1) is 22.7. The number of hydrogen-bond donors (Lipinski definition) is 1. The topological polar surface area (TPSA) is 82.9 Å². The smallest absolute Gasteiger partial charge is 0.307 e. The van der Waals surface area contributed by atoms with Gasteiger partial charge in [-0.2, -0.15) is 5.10 Å². The van der Waals surface area contributed by atoms with E-state index in [1.807, 2.05) is 74.5 Å². The van der Waals surface area contributed by atoms with Gasteiger partial charge in [0.1, 0.15) is 30.5 Å². The molecule has 0 fully saturated rings. The fourth-order valence-electron chi connectivity index (χ4n) is 5.69. The molecule has 3 heterocycles. The Hall–Kier alpha value is -5.76. The Labute approximate surface area is 274 Å². The summed E-state index contributed by atoms with van der Waals surface area (Å²) in [5, 5.41) is 4.19. The Morgan fingerprint density at radius 1 is 0.723 bits per heavy atom. The van der Waals surface area contributed by atoms with Gasteiger partial charge < -0.3 is 23.0 Å². The first-order valence-corrected chi connectivity index (χ1v) is 15.5. The molecule has 0 spiro atoms. The molecule has 238 valence electrons. The van der Waals surface area contributed by atoms with E-state index in [2.05, 4.69) is 70.8 Å². The van der Waals surface area contributed by atoms with Crippen molar-refractivity contribution in [3.05, 3.63) is 154 Å². The molecule has 0 unspecified atom stereocenters. The summed E-state index contributed by atoms with van der Waals surface area (Å²) in [5.41, 5.74) is 12.3. The number of carbonyl (C=O) groups is 1. The Morgan fingerprint density at radius 3 is 2.02 bits per heavy atom. The molecule has 0 bridgehead atoms. The Bertz CT molecular complexity index is 2010. The molecule has 1 amide bonds. The number of rotatable bonds is 11. The third kappa shape index (κ3) is 7.23. The van der Waals surface area contributed by atoms with Crippen LogP contribution >= 0.6 is 0 Å². The van der Waals surface area contributed by atoms with Gasteiger partial charge in [-0.05, 0) is 119 Å². The number of nitrogens with zero attached hydrogens (tertiary/aromatic N) is 3. The van der Waals surface area contributed by atoms with Gasteiger partial charge in [0.05, 0.1) is 6.21 Å². The third-order valence-corrected chi connectivity index (χ3v) is 8.06. The summed E-state index contributed by atoms with van der Waals surface area (Å²) in [6.07, 6.45) is 1.64. The van der Waals surface area contributed by atoms with Crippen molar-refractivity contribution < 1.29 is 18.7 Å². The van der Waals surface area contributed by atoms with E-state index in [-0.39, 0.29) is 12.4 Å². The van der Waals surface area contributed by atoms with E-state index in [1.54, 1.807) is 18.3 Å². The highest BCUT2D eigenvalue weighted by Crippen LogP contribution is 2.24. The van der Waals surface area contributed by atoms with Crippen LogP contribution in [0.25, 0.3) is 11.4 Å². The van der Waals surface area contributed by atoms with E-state index in [0.29, 0.717) is 18.1 Å². The van der Waals surface area contributed by atoms with Gasteiger partial charge in [0.25, 0.3) is 0 Å². The Kier molecular flexibility index (Phi) is 9.11. The number of ether oxygens (including phenoxy) is 2. The van der Waals surface area contributed by atoms with Crippen LogP contribution in [0.1, 0.15) is 55.8 Å². The van der Waals surface area contributed by atoms with E-state index in [4.69, 9.17) is 13.9 Å². The van der Waals surface area contributed by atoms with Crippen LogP contribution in [-0.2, 0) is 13.2 Å². The van der Waals surface area contributed by atoms with Crippen molar-refractivity contribution in [2.45, 2.75) is 47.8 Å². The molecular formula is C39H38N4O4. The fraction of sp³-hybridized carbons (Fsp3) is 0.179. The maximum absolute atomic E-state index is 12.7. The predicted molar refractivity (Wildman–Crippen MR) is 184 cm³/mol. The van der Waals surface area contributed by atoms with Gasteiger partial charge in [-0.3, -0.25) is 4.79 Å². The number of hydrazone groups is 1. The third-order valence-electron chi connectivity index (χ3n) is 8.06. The van der Waals surface area contributed by atoms with Gasteiger partial charge in [0, 0.05) is 39.7 Å². The summed E-state index contributed by atoms with van der Waals surface area (Å²) in [7, 11) is 0. The van der Waals surface area contributed by atoms with Gasteiger partial charge in [0.2, 0.25) is 0 Å². The van der Waals surface area contributed by atoms with Crippen molar-refractivity contribution in [2.75, 3.05) is 0 Å². The normalized spacial score (nSPS) is 11.3. The van der Waals surface area contributed by atoms with Crippen LogP contribution in [0.4, 0.5) is 0 Å². The van der Waals surface area contributed by atoms with Crippen molar-refractivity contribution in [3.63, 3.8) is 0 Å². The maximum Gasteiger partial charge on any atom is 0.307 e. The second-order valence-corrected chi connectivity index (χ2v) is 11.6. The molecule has 3 aromatic heterocycles. The zero-order valence-electron chi connectivity index (χ0n) is 27.3. The second-order valence-electron chi connectivity index (χ2n) is 11.6. The largest absolute Gasteiger partial charge is 0.489 e. The lowest BCUT2D eigenvalue weighted by Crippen LogP contribution is -2.16. The molecule has 0 atom stereocenters. The minimum absolute atomic E-state index is 0.157. The minimum Gasteiger partial charge on any atom is -0.489 e. The second kappa shape index (κ2) is 13.7. The first-order valence-electron chi connectivity index (χ1n) is 15.5. The molecule has 6 rings (SSSR count). The summed E-state index contributed by atoms with van der Waals surface area (Å²) < 4.78 is 21.9. The van der Waals surface area contributed by atoms with Crippen LogP contribution < -0.4 is 14.9 Å². The SMILES string of the molecule is Cc1cccc(COc2ccc(-n3c(C)cc(/C=N/NC(=O)c4ccc(COc5ccc(-n6c(C)ccc6C)cc5)o4)c3C)cc2)c1. The maximum atomic E-state index is 12.7. The van der Waals surface area contributed by atoms with Crippen molar-refractivity contribution in [2.24, 2.45) is 5.10 Å². The van der Waals surface area contributed by atoms with Crippen LogP contribution in [-0.4, -0.2) is 21.3 Å². The molecule has 0 aliphatic rings. The highest BCUT2D eigenvalue weighted by atomic mass is 16.5. The minimum atomic E-state index is -0.440. The number of nitrogens with one attached hydrogen (secondary N) is 1. The van der Waals surface area contributed by atoms with Crippen LogP contribution in [0.3, 0.4) is 0 Å². The quantitative estimate of drug-likeness (QED) is 0.116. The molecule has 8 nitrogen and oxygen atoms in total. The van der Waals surface area contributed by atoms with Gasteiger partial charge in [-0.15, -0.1) is 0 Å². The number of aromatic nitrogens is 2. The lowest BCUT2D eigenvalue weighted by molar-refractivity contribution is 0.0923. The van der Waals surface area contributed by atoms with Crippen molar-refractivity contribution in [1.29, 1.82) is 0 Å². The highest BCUT2D eigenvalue weighted by Gasteiger charge is 2.13. The zero-order valence-corrected chi connectivity index (χ0v) is 27.3. The number of aryl methyl sites for hydroxylation is 4. The predicted octanol–water partition coefficient (Wildman–Crippen LogP) is 8.33. The summed E-state index contributed by atoms with van der Waals surface area (Å²) in [6.45, 7) is 11.0. The van der Waals surface area contributed by atoms with Crippen molar-refractivity contribution in [3.8, 4) is 22.9 Å². The lowest BCUT2D eigenvalue weighted by atomic mass is 10.1. The molecule has 0 aliphatic carbocycles. The summed E-state index contributed by atoms with van der Waals surface area (Å²) in [5.74, 6) is 1.77. The Balaban J connectivity index is 1.02. The van der Waals surface area contributed by atoms with Gasteiger partial charge in [-0.25, -0.2) is 5.43 Å². The van der Waals surface area contributed by atoms with Crippen LogP contribution in [0, 0.1) is 34.6 Å². The number of hydrogen-bond acceptors (Lipinski definition) is 5. The van der Waals surface area contributed by atoms with E-state index >= 15 is 0 Å². The molecule has 0 saturated heterocycles. The first kappa shape index (κ1) is 31.2. The molecule has 0 aliphatic heterocycles. The molecular weight excluding hydrogens is 588 g/mol. The monoisotopic (exact) mass is 626 g/mol. The van der Waals surface area contributed by atoms with E-state index in [0.717, 1.165) is 39.6 Å². The number of furan rings is 1.